The summed E-state index contributed by atoms with van der Waals surface area (Å²) in [6.45, 7) is 1.97. The van der Waals surface area contributed by atoms with Crippen LogP contribution in [-0.4, -0.2) is 48.9 Å². The Morgan fingerprint density at radius 2 is 1.92 bits per heavy atom. The number of nitrogens with zero attached hydrogens (tertiary/aromatic N) is 1. The quantitative estimate of drug-likeness (QED) is 0.728. The summed E-state index contributed by atoms with van der Waals surface area (Å²) in [5.41, 5.74) is 0.0750. The summed E-state index contributed by atoms with van der Waals surface area (Å²) in [4.78, 5) is 25.3. The maximum absolute atomic E-state index is 12.2. The standard InChI is InChI=1S/C17H22Cl2N2O4/c1-16(10-17(16,18)19)15(23)20-8-11-5-6-12(13(7-11)24-4)25-9-14(22)21(2)3/h5-7H,8-10H2,1-4H3,(H,20,23). The number of benzene rings is 1. The predicted octanol–water partition coefficient (Wildman–Crippen LogP) is 2.36. The highest BCUT2D eigenvalue weighted by molar-refractivity contribution is 6.53. The molecule has 6 nitrogen and oxygen atoms in total. The fraction of sp³-hybridized carbons (Fsp3) is 0.529. The molecule has 1 saturated carbocycles. The molecular formula is C17H22Cl2N2O4. The van der Waals surface area contributed by atoms with Crippen molar-refractivity contribution in [1.82, 2.24) is 10.2 Å². The van der Waals surface area contributed by atoms with E-state index in [-0.39, 0.29) is 18.4 Å². The molecule has 1 unspecified atom stereocenters. The second-order valence-electron chi connectivity index (χ2n) is 6.46. The zero-order chi connectivity index (χ0) is 18.8. The van der Waals surface area contributed by atoms with Crippen LogP contribution in [0, 0.1) is 5.41 Å². The van der Waals surface area contributed by atoms with Gasteiger partial charge in [0.15, 0.2) is 18.1 Å². The van der Waals surface area contributed by atoms with E-state index >= 15 is 0 Å². The maximum atomic E-state index is 12.2. The van der Waals surface area contributed by atoms with E-state index < -0.39 is 9.75 Å². The molecule has 0 heterocycles. The van der Waals surface area contributed by atoms with Crippen LogP contribution < -0.4 is 14.8 Å². The normalized spacial score (nSPS) is 20.6. The number of carbonyl (C=O) groups is 2. The number of amides is 2. The Morgan fingerprint density at radius 1 is 1.28 bits per heavy atom. The van der Waals surface area contributed by atoms with E-state index in [1.165, 1.54) is 12.0 Å². The van der Waals surface area contributed by atoms with Crippen molar-refractivity contribution in [2.45, 2.75) is 24.2 Å². The van der Waals surface area contributed by atoms with E-state index in [0.29, 0.717) is 24.5 Å². The monoisotopic (exact) mass is 388 g/mol. The maximum Gasteiger partial charge on any atom is 0.259 e. The minimum atomic E-state index is -0.995. The summed E-state index contributed by atoms with van der Waals surface area (Å²) < 4.78 is 9.78. The number of hydrogen-bond acceptors (Lipinski definition) is 4. The lowest BCUT2D eigenvalue weighted by Gasteiger charge is -2.15. The second-order valence-corrected chi connectivity index (χ2v) is 7.94. The van der Waals surface area contributed by atoms with Gasteiger partial charge in [0, 0.05) is 20.6 Å². The molecule has 0 saturated heterocycles. The molecule has 1 aromatic carbocycles. The van der Waals surface area contributed by atoms with E-state index in [2.05, 4.69) is 5.32 Å². The summed E-state index contributed by atoms with van der Waals surface area (Å²) in [5.74, 6) is 0.609. The number of ether oxygens (including phenoxy) is 2. The first-order chi connectivity index (χ1) is 11.6. The fourth-order valence-electron chi connectivity index (χ4n) is 2.23. The number of rotatable bonds is 7. The summed E-state index contributed by atoms with van der Waals surface area (Å²) in [7, 11) is 4.83. The van der Waals surface area contributed by atoms with E-state index in [1.807, 2.05) is 0 Å². The second kappa shape index (κ2) is 7.30. The van der Waals surface area contributed by atoms with Gasteiger partial charge in [-0.1, -0.05) is 6.07 Å². The zero-order valence-electron chi connectivity index (χ0n) is 14.7. The average molecular weight is 389 g/mol. The highest BCUT2D eigenvalue weighted by atomic mass is 35.5. The van der Waals surface area contributed by atoms with Crippen LogP contribution in [0.4, 0.5) is 0 Å². The Morgan fingerprint density at radius 3 is 2.44 bits per heavy atom. The fourth-order valence-corrected chi connectivity index (χ4v) is 2.94. The minimum Gasteiger partial charge on any atom is -0.493 e. The molecule has 0 spiro atoms. The molecule has 2 amide bonds. The Balaban J connectivity index is 1.97. The van der Waals surface area contributed by atoms with Crippen LogP contribution in [0.2, 0.25) is 0 Å². The molecule has 1 atom stereocenters. The van der Waals surface area contributed by atoms with Crippen molar-refractivity contribution in [3.05, 3.63) is 23.8 Å². The summed E-state index contributed by atoms with van der Waals surface area (Å²) in [6.07, 6.45) is 0.435. The highest BCUT2D eigenvalue weighted by Gasteiger charge is 2.67. The molecule has 1 aromatic rings. The van der Waals surface area contributed by atoms with Crippen molar-refractivity contribution < 1.29 is 19.1 Å². The third kappa shape index (κ3) is 4.30. The first kappa shape index (κ1) is 19.7. The minimum absolute atomic E-state index is 0.0781. The van der Waals surface area contributed by atoms with Gasteiger partial charge in [-0.15, -0.1) is 23.2 Å². The molecule has 1 fully saturated rings. The van der Waals surface area contributed by atoms with Gasteiger partial charge in [-0.25, -0.2) is 0 Å². The molecule has 2 rings (SSSR count). The molecular weight excluding hydrogens is 367 g/mol. The van der Waals surface area contributed by atoms with Crippen LogP contribution in [0.3, 0.4) is 0 Å². The lowest BCUT2D eigenvalue weighted by molar-refractivity contribution is -0.130. The SMILES string of the molecule is COc1cc(CNC(=O)C2(C)CC2(Cl)Cl)ccc1OCC(=O)N(C)C. The van der Waals surface area contributed by atoms with Crippen LogP contribution in [0.25, 0.3) is 0 Å². The van der Waals surface area contributed by atoms with Gasteiger partial charge < -0.3 is 19.7 Å². The molecule has 25 heavy (non-hydrogen) atoms. The number of carbonyl (C=O) groups excluding carboxylic acids is 2. The molecule has 0 aliphatic heterocycles. The Bertz CT molecular complexity index is 679. The van der Waals surface area contributed by atoms with Gasteiger partial charge in [0.05, 0.1) is 12.5 Å². The number of alkyl halides is 2. The molecule has 138 valence electrons. The van der Waals surface area contributed by atoms with Gasteiger partial charge in [0.25, 0.3) is 5.91 Å². The van der Waals surface area contributed by atoms with E-state index in [0.717, 1.165) is 5.56 Å². The number of likely N-dealkylation sites (N-methyl/N-ethyl adjacent to an activating group) is 1. The van der Waals surface area contributed by atoms with Crippen LogP contribution in [-0.2, 0) is 16.1 Å². The zero-order valence-corrected chi connectivity index (χ0v) is 16.2. The number of nitrogens with one attached hydrogen (secondary N) is 1. The summed E-state index contributed by atoms with van der Waals surface area (Å²) >= 11 is 12.0. The van der Waals surface area contributed by atoms with Crippen molar-refractivity contribution in [1.29, 1.82) is 0 Å². The average Bonchev–Trinajstić information content (AvgIpc) is 3.09. The van der Waals surface area contributed by atoms with E-state index in [9.17, 15) is 9.59 Å². The van der Waals surface area contributed by atoms with E-state index in [4.69, 9.17) is 32.7 Å². The van der Waals surface area contributed by atoms with Crippen LogP contribution in [0.1, 0.15) is 18.9 Å². The Hall–Kier alpha value is -1.66. The van der Waals surface area contributed by atoms with Crippen molar-refractivity contribution in [3.63, 3.8) is 0 Å². The number of halogens is 2. The predicted molar refractivity (Wildman–Crippen MR) is 96.2 cm³/mol. The van der Waals surface area contributed by atoms with E-state index in [1.54, 1.807) is 39.2 Å². The van der Waals surface area contributed by atoms with Crippen molar-refractivity contribution in [2.24, 2.45) is 5.41 Å². The van der Waals surface area contributed by atoms with Gasteiger partial charge in [-0.3, -0.25) is 9.59 Å². The van der Waals surface area contributed by atoms with Crippen molar-refractivity contribution in [2.75, 3.05) is 27.8 Å². The van der Waals surface area contributed by atoms with Gasteiger partial charge in [0.1, 0.15) is 4.33 Å². The first-order valence-electron chi connectivity index (χ1n) is 7.77. The third-order valence-corrected chi connectivity index (χ3v) is 5.39. The van der Waals surface area contributed by atoms with Crippen LogP contribution in [0.15, 0.2) is 18.2 Å². The first-order valence-corrected chi connectivity index (χ1v) is 8.52. The molecule has 1 N–H and O–H groups in total. The number of hydrogen-bond donors (Lipinski definition) is 1. The smallest absolute Gasteiger partial charge is 0.259 e. The lowest BCUT2D eigenvalue weighted by Crippen LogP contribution is -2.32. The van der Waals surface area contributed by atoms with Gasteiger partial charge in [0.2, 0.25) is 5.91 Å². The topological polar surface area (TPSA) is 67.9 Å². The largest absolute Gasteiger partial charge is 0.493 e. The summed E-state index contributed by atoms with van der Waals surface area (Å²) in [5, 5.41) is 2.83. The molecule has 0 radical (unpaired) electrons. The van der Waals surface area contributed by atoms with Gasteiger partial charge >= 0.3 is 0 Å². The van der Waals surface area contributed by atoms with Gasteiger partial charge in [-0.2, -0.15) is 0 Å². The Labute approximate surface area is 157 Å². The highest BCUT2D eigenvalue weighted by Crippen LogP contribution is 2.63. The molecule has 0 bridgehead atoms. The molecule has 8 heteroatoms. The molecule has 1 aliphatic rings. The van der Waals surface area contributed by atoms with Crippen LogP contribution >= 0.6 is 23.2 Å². The van der Waals surface area contributed by atoms with Gasteiger partial charge in [-0.05, 0) is 31.0 Å². The molecule has 1 aliphatic carbocycles. The van der Waals surface area contributed by atoms with Crippen molar-refractivity contribution >= 4 is 35.0 Å². The molecule has 0 aromatic heterocycles. The van der Waals surface area contributed by atoms with Crippen LogP contribution in [0.5, 0.6) is 11.5 Å². The third-order valence-electron chi connectivity index (χ3n) is 4.29. The van der Waals surface area contributed by atoms with Crippen molar-refractivity contribution in [3.8, 4) is 11.5 Å². The Kier molecular flexibility index (Phi) is 5.74. The number of methoxy groups -OCH3 is 1. The summed E-state index contributed by atoms with van der Waals surface area (Å²) in [6, 6.07) is 5.25. The lowest BCUT2D eigenvalue weighted by atomic mass is 10.1.